The molecule has 14 heteroatoms. The number of nitrogens with zero attached hydrogens (tertiary/aromatic N) is 3. The third-order valence-electron chi connectivity index (χ3n) is 7.27. The second kappa shape index (κ2) is 12.6. The fraction of sp³-hybridized carbons (Fsp3) is 0.310. The number of anilines is 2. The van der Waals surface area contributed by atoms with Gasteiger partial charge in [0, 0.05) is 23.3 Å². The maximum atomic E-state index is 14.3. The van der Waals surface area contributed by atoms with E-state index < -0.39 is 51.5 Å². The third-order valence-corrected chi connectivity index (χ3v) is 8.73. The molecule has 3 aromatic carbocycles. The molecular weight excluding hydrogens is 644 g/mol. The second-order valence-corrected chi connectivity index (χ2v) is 13.2. The van der Waals surface area contributed by atoms with E-state index in [0.717, 1.165) is 26.4 Å². The number of hydrogen-bond donors (Lipinski definition) is 2. The van der Waals surface area contributed by atoms with Gasteiger partial charge in [0.25, 0.3) is 5.91 Å². The number of para-hydroxylation sites is 2. The Bertz CT molecular complexity index is 1710. The van der Waals surface area contributed by atoms with Crippen molar-refractivity contribution < 1.29 is 37.4 Å². The number of likely N-dealkylation sites (N-methyl/N-ethyl adjacent to an activating group) is 1. The van der Waals surface area contributed by atoms with Crippen LogP contribution in [0, 0.1) is 0 Å². The van der Waals surface area contributed by atoms with Crippen LogP contribution in [0.2, 0.25) is 0 Å². The highest BCUT2D eigenvalue weighted by atomic mass is 79.9. The quantitative estimate of drug-likeness (QED) is 0.370. The highest BCUT2D eigenvalue weighted by Gasteiger charge is 2.39. The van der Waals surface area contributed by atoms with Gasteiger partial charge in [-0.3, -0.25) is 19.3 Å². The van der Waals surface area contributed by atoms with Gasteiger partial charge in [0.1, 0.15) is 23.6 Å². The van der Waals surface area contributed by atoms with Gasteiger partial charge in [-0.05, 0) is 48.0 Å². The van der Waals surface area contributed by atoms with Crippen LogP contribution in [-0.4, -0.2) is 87.0 Å². The minimum atomic E-state index is -3.74. The molecule has 0 aromatic heterocycles. The maximum absolute atomic E-state index is 14.3. The number of halogens is 1. The standard InChI is InChI=1S/C29H31BrN4O8S/c1-17(32(2)29(38)39)27(36)31-22-15-33(26(35)16-43(4,40)41)23-10-5-6-11-24(23)34(28(22)37)14-20-18-8-7-9-21(30)19(18)12-13-25(20)42-3/h5-13,17,22H,14-16H2,1-4H3,(H,31,36)(H,38,39)/t17-,22-/m0/s1. The Morgan fingerprint density at radius 1 is 1.09 bits per heavy atom. The molecule has 1 aliphatic heterocycles. The van der Waals surface area contributed by atoms with Gasteiger partial charge < -0.3 is 25.0 Å². The lowest BCUT2D eigenvalue weighted by molar-refractivity contribution is -0.130. The summed E-state index contributed by atoms with van der Waals surface area (Å²) >= 11 is 3.56. The fourth-order valence-corrected chi connectivity index (χ4v) is 6.01. The van der Waals surface area contributed by atoms with Gasteiger partial charge in [0.15, 0.2) is 9.84 Å². The molecule has 0 unspecified atom stereocenters. The zero-order valence-electron chi connectivity index (χ0n) is 23.9. The first kappa shape index (κ1) is 31.8. The van der Waals surface area contributed by atoms with E-state index in [1.165, 1.54) is 30.9 Å². The SMILES string of the molecule is COc1ccc2c(Br)cccc2c1CN1C(=O)[C@@H](NC(=O)[C@H](C)N(C)C(=O)O)CN(C(=O)CS(C)(=O)=O)c2ccccc21. The number of fused-ring (bicyclic) bond motifs is 2. The summed E-state index contributed by atoms with van der Waals surface area (Å²) in [4.78, 5) is 55.7. The molecule has 2 N–H and O–H groups in total. The van der Waals surface area contributed by atoms with Crippen molar-refractivity contribution in [2.75, 3.05) is 42.5 Å². The third kappa shape index (κ3) is 6.75. The lowest BCUT2D eigenvalue weighted by Crippen LogP contribution is -2.57. The number of carbonyl (C=O) groups excluding carboxylic acids is 3. The number of nitrogens with one attached hydrogen (secondary N) is 1. The Kier molecular flexibility index (Phi) is 9.30. The zero-order chi connectivity index (χ0) is 31.6. The Morgan fingerprint density at radius 2 is 1.77 bits per heavy atom. The van der Waals surface area contributed by atoms with Crippen LogP contribution in [0.3, 0.4) is 0 Å². The first-order valence-corrected chi connectivity index (χ1v) is 16.0. The van der Waals surface area contributed by atoms with Crippen molar-refractivity contribution in [1.82, 2.24) is 10.2 Å². The molecular formula is C29H31BrN4O8S. The summed E-state index contributed by atoms with van der Waals surface area (Å²) in [7, 11) is -1.02. The van der Waals surface area contributed by atoms with Gasteiger partial charge >= 0.3 is 6.09 Å². The second-order valence-electron chi connectivity index (χ2n) is 10.2. The number of rotatable bonds is 8. The lowest BCUT2D eigenvalue weighted by atomic mass is 10.0. The smallest absolute Gasteiger partial charge is 0.407 e. The summed E-state index contributed by atoms with van der Waals surface area (Å²) in [5, 5.41) is 13.6. The van der Waals surface area contributed by atoms with Gasteiger partial charge in [-0.15, -0.1) is 0 Å². The number of ether oxygens (including phenoxy) is 1. The molecule has 4 rings (SSSR count). The summed E-state index contributed by atoms with van der Waals surface area (Å²) in [6.07, 6.45) is -0.414. The van der Waals surface area contributed by atoms with Gasteiger partial charge in [0.05, 0.1) is 31.6 Å². The number of hydrogen-bond acceptors (Lipinski definition) is 7. The number of amides is 4. The van der Waals surface area contributed by atoms with Crippen molar-refractivity contribution in [2.24, 2.45) is 0 Å². The highest BCUT2D eigenvalue weighted by molar-refractivity contribution is 9.10. The van der Waals surface area contributed by atoms with E-state index in [4.69, 9.17) is 4.74 Å². The van der Waals surface area contributed by atoms with Crippen LogP contribution in [0.15, 0.2) is 59.1 Å². The number of sulfone groups is 1. The van der Waals surface area contributed by atoms with Gasteiger partial charge in [-0.1, -0.05) is 40.2 Å². The monoisotopic (exact) mass is 674 g/mol. The van der Waals surface area contributed by atoms with Gasteiger partial charge in [-0.2, -0.15) is 0 Å². The topological polar surface area (TPSA) is 154 Å². The summed E-state index contributed by atoms with van der Waals surface area (Å²) < 4.78 is 30.7. The Labute approximate surface area is 257 Å². The molecule has 0 radical (unpaired) electrons. The highest BCUT2D eigenvalue weighted by Crippen LogP contribution is 2.38. The molecule has 2 atom stereocenters. The van der Waals surface area contributed by atoms with Crippen LogP contribution in [0.4, 0.5) is 16.2 Å². The maximum Gasteiger partial charge on any atom is 0.407 e. The molecule has 12 nitrogen and oxygen atoms in total. The van der Waals surface area contributed by atoms with E-state index in [1.54, 1.807) is 30.3 Å². The largest absolute Gasteiger partial charge is 0.496 e. The van der Waals surface area contributed by atoms with Crippen molar-refractivity contribution in [3.8, 4) is 5.75 Å². The van der Waals surface area contributed by atoms with Crippen molar-refractivity contribution in [2.45, 2.75) is 25.6 Å². The first-order chi connectivity index (χ1) is 20.2. The number of benzene rings is 3. The number of carboxylic acid groups (broad SMARTS) is 1. The van der Waals surface area contributed by atoms with Crippen LogP contribution in [-0.2, 0) is 30.8 Å². The van der Waals surface area contributed by atoms with Crippen molar-refractivity contribution >= 4 is 71.7 Å². The molecule has 0 fully saturated rings. The fourth-order valence-electron chi connectivity index (χ4n) is 4.90. The first-order valence-electron chi connectivity index (χ1n) is 13.1. The van der Waals surface area contributed by atoms with Crippen LogP contribution in [0.1, 0.15) is 12.5 Å². The molecule has 0 saturated carbocycles. The van der Waals surface area contributed by atoms with Crippen LogP contribution in [0.5, 0.6) is 5.75 Å². The Morgan fingerprint density at radius 3 is 2.40 bits per heavy atom. The molecule has 1 aliphatic rings. The molecule has 228 valence electrons. The molecule has 3 aromatic rings. The van der Waals surface area contributed by atoms with Crippen molar-refractivity contribution in [3.63, 3.8) is 0 Å². The minimum Gasteiger partial charge on any atom is -0.496 e. The van der Waals surface area contributed by atoms with Crippen molar-refractivity contribution in [1.29, 1.82) is 0 Å². The average molecular weight is 676 g/mol. The molecule has 4 amide bonds. The normalized spacial score (nSPS) is 15.8. The van der Waals surface area contributed by atoms with E-state index in [1.807, 2.05) is 24.3 Å². The minimum absolute atomic E-state index is 0.0299. The molecule has 1 heterocycles. The summed E-state index contributed by atoms with van der Waals surface area (Å²) in [5.41, 5.74) is 1.25. The Hall–Kier alpha value is -4.17. The van der Waals surface area contributed by atoms with E-state index in [-0.39, 0.29) is 18.8 Å². The van der Waals surface area contributed by atoms with Crippen LogP contribution < -0.4 is 19.9 Å². The molecule has 0 bridgehead atoms. The summed E-state index contributed by atoms with van der Waals surface area (Å²) in [6, 6.07) is 13.3. The van der Waals surface area contributed by atoms with E-state index >= 15 is 0 Å². The zero-order valence-corrected chi connectivity index (χ0v) is 26.3. The van der Waals surface area contributed by atoms with E-state index in [2.05, 4.69) is 21.2 Å². The van der Waals surface area contributed by atoms with E-state index in [9.17, 15) is 32.7 Å². The molecule has 0 spiro atoms. The van der Waals surface area contributed by atoms with Gasteiger partial charge in [-0.25, -0.2) is 13.2 Å². The summed E-state index contributed by atoms with van der Waals surface area (Å²) in [5.74, 6) is -2.46. The number of carbonyl (C=O) groups is 4. The van der Waals surface area contributed by atoms with Crippen molar-refractivity contribution in [3.05, 3.63) is 64.6 Å². The average Bonchev–Trinajstić information content (AvgIpc) is 3.06. The molecule has 43 heavy (non-hydrogen) atoms. The van der Waals surface area contributed by atoms with Gasteiger partial charge in [0.2, 0.25) is 11.8 Å². The van der Waals surface area contributed by atoms with E-state index in [0.29, 0.717) is 17.0 Å². The predicted molar refractivity (Wildman–Crippen MR) is 165 cm³/mol. The Balaban J connectivity index is 1.87. The molecule has 0 aliphatic carbocycles. The lowest BCUT2D eigenvalue weighted by Gasteiger charge is -2.28. The predicted octanol–water partition coefficient (Wildman–Crippen LogP) is 3.02. The van der Waals surface area contributed by atoms with Crippen LogP contribution >= 0.6 is 15.9 Å². The molecule has 0 saturated heterocycles. The summed E-state index contributed by atoms with van der Waals surface area (Å²) in [6.45, 7) is 0.953. The number of methoxy groups -OCH3 is 1. The van der Waals surface area contributed by atoms with Crippen LogP contribution in [0.25, 0.3) is 10.8 Å².